The molecular formula is C11H12O2S. The molecule has 2 aromatic rings. The van der Waals surface area contributed by atoms with Crippen molar-refractivity contribution in [2.75, 3.05) is 7.11 Å². The number of aryl methyl sites for hydroxylation is 1. The molecule has 14 heavy (non-hydrogen) atoms. The minimum atomic E-state index is 0.0962. The lowest BCUT2D eigenvalue weighted by atomic mass is 10.1. The molecule has 0 atom stereocenters. The molecule has 74 valence electrons. The molecule has 0 aliphatic heterocycles. The molecule has 0 fully saturated rings. The first-order valence-electron chi connectivity index (χ1n) is 4.43. The average Bonchev–Trinajstić information content (AvgIpc) is 2.52. The molecule has 3 heteroatoms. The predicted molar refractivity (Wildman–Crippen MR) is 59.0 cm³/mol. The summed E-state index contributed by atoms with van der Waals surface area (Å²) in [6, 6.07) is 5.95. The second-order valence-corrected chi connectivity index (χ2v) is 4.41. The van der Waals surface area contributed by atoms with Gasteiger partial charge in [-0.2, -0.15) is 0 Å². The first-order valence-corrected chi connectivity index (χ1v) is 5.24. The zero-order valence-corrected chi connectivity index (χ0v) is 9.02. The van der Waals surface area contributed by atoms with Crippen LogP contribution in [0.2, 0.25) is 0 Å². The van der Waals surface area contributed by atoms with Crippen molar-refractivity contribution in [1.82, 2.24) is 0 Å². The molecule has 0 aliphatic carbocycles. The number of hydrogen-bond donors (Lipinski definition) is 1. The van der Waals surface area contributed by atoms with Crippen LogP contribution >= 0.6 is 11.3 Å². The van der Waals surface area contributed by atoms with Crippen LogP contribution in [-0.2, 0) is 6.61 Å². The topological polar surface area (TPSA) is 29.5 Å². The number of ether oxygens (including phenoxy) is 1. The third kappa shape index (κ3) is 1.38. The summed E-state index contributed by atoms with van der Waals surface area (Å²) in [4.78, 5) is 1.18. The smallest absolute Gasteiger partial charge is 0.119 e. The van der Waals surface area contributed by atoms with Crippen LogP contribution < -0.4 is 4.74 Å². The summed E-state index contributed by atoms with van der Waals surface area (Å²) >= 11 is 1.71. The van der Waals surface area contributed by atoms with Gasteiger partial charge in [-0.15, -0.1) is 11.3 Å². The molecule has 0 aliphatic rings. The van der Waals surface area contributed by atoms with Crippen LogP contribution in [0.25, 0.3) is 10.1 Å². The minimum Gasteiger partial charge on any atom is -0.497 e. The largest absolute Gasteiger partial charge is 0.497 e. The van der Waals surface area contributed by atoms with E-state index >= 15 is 0 Å². The van der Waals surface area contributed by atoms with E-state index in [0.29, 0.717) is 0 Å². The number of thiophene rings is 1. The molecule has 0 saturated heterocycles. The van der Waals surface area contributed by atoms with E-state index in [2.05, 4.69) is 0 Å². The van der Waals surface area contributed by atoms with Crippen molar-refractivity contribution < 1.29 is 9.84 Å². The highest BCUT2D eigenvalue weighted by atomic mass is 32.1. The third-order valence-corrected chi connectivity index (χ3v) is 3.49. The number of rotatable bonds is 2. The molecule has 2 nitrogen and oxygen atoms in total. The summed E-state index contributed by atoms with van der Waals surface area (Å²) in [7, 11) is 1.65. The molecule has 2 rings (SSSR count). The number of hydrogen-bond acceptors (Lipinski definition) is 3. The first-order chi connectivity index (χ1) is 6.76. The van der Waals surface area contributed by atoms with Crippen molar-refractivity contribution >= 4 is 21.4 Å². The van der Waals surface area contributed by atoms with Gasteiger partial charge in [0.2, 0.25) is 0 Å². The van der Waals surface area contributed by atoms with E-state index in [1.54, 1.807) is 18.4 Å². The maximum atomic E-state index is 9.23. The van der Waals surface area contributed by atoms with Gasteiger partial charge in [0.05, 0.1) is 13.7 Å². The van der Waals surface area contributed by atoms with Crippen LogP contribution in [0.3, 0.4) is 0 Å². The number of aliphatic hydroxyl groups is 1. The summed E-state index contributed by atoms with van der Waals surface area (Å²) in [5.74, 6) is 0.838. The van der Waals surface area contributed by atoms with Gasteiger partial charge < -0.3 is 9.84 Å². The summed E-state index contributed by atoms with van der Waals surface area (Å²) in [5, 5.41) is 10.3. The van der Waals surface area contributed by atoms with Crippen LogP contribution in [0.1, 0.15) is 10.4 Å². The molecule has 0 saturated carbocycles. The fourth-order valence-electron chi connectivity index (χ4n) is 1.57. The number of aliphatic hydroxyl groups excluding tert-OH is 1. The lowest BCUT2D eigenvalue weighted by Crippen LogP contribution is -1.84. The van der Waals surface area contributed by atoms with E-state index in [0.717, 1.165) is 16.7 Å². The summed E-state index contributed by atoms with van der Waals surface area (Å²) in [5.41, 5.74) is 1.02. The van der Waals surface area contributed by atoms with E-state index < -0.39 is 0 Å². The molecule has 1 aromatic heterocycles. The molecule has 0 amide bonds. The Morgan fingerprint density at radius 2 is 2.21 bits per heavy atom. The van der Waals surface area contributed by atoms with E-state index in [4.69, 9.17) is 4.74 Å². The third-order valence-electron chi connectivity index (χ3n) is 2.36. The van der Waals surface area contributed by atoms with Gasteiger partial charge in [-0.05, 0) is 30.7 Å². The first kappa shape index (κ1) is 9.49. The van der Waals surface area contributed by atoms with Gasteiger partial charge in [0.15, 0.2) is 0 Å². The SMILES string of the molecule is COc1ccc2sc(C)c(CO)c2c1. The zero-order chi connectivity index (χ0) is 10.1. The van der Waals surface area contributed by atoms with E-state index in [1.807, 2.05) is 25.1 Å². The molecule has 0 radical (unpaired) electrons. The van der Waals surface area contributed by atoms with E-state index in [-0.39, 0.29) is 6.61 Å². The van der Waals surface area contributed by atoms with E-state index in [9.17, 15) is 5.11 Å². The Hall–Kier alpha value is -1.06. The Morgan fingerprint density at radius 1 is 1.43 bits per heavy atom. The Labute approximate surface area is 86.8 Å². The highest BCUT2D eigenvalue weighted by Gasteiger charge is 2.08. The quantitative estimate of drug-likeness (QED) is 0.822. The van der Waals surface area contributed by atoms with Crippen LogP contribution in [0.5, 0.6) is 5.75 Å². The standard InChI is InChI=1S/C11H12O2S/c1-7-10(6-12)9-5-8(13-2)3-4-11(9)14-7/h3-5,12H,6H2,1-2H3. The Kier molecular flexibility index (Phi) is 2.44. The Morgan fingerprint density at radius 3 is 2.86 bits per heavy atom. The van der Waals surface area contributed by atoms with Crippen molar-refractivity contribution in [3.8, 4) is 5.75 Å². The van der Waals surface area contributed by atoms with Crippen LogP contribution in [0, 0.1) is 6.92 Å². The molecule has 1 aromatic carbocycles. The van der Waals surface area contributed by atoms with Crippen LogP contribution in [0.4, 0.5) is 0 Å². The molecular weight excluding hydrogens is 196 g/mol. The molecule has 1 N–H and O–H groups in total. The van der Waals surface area contributed by atoms with Gasteiger partial charge in [-0.25, -0.2) is 0 Å². The second kappa shape index (κ2) is 3.59. The monoisotopic (exact) mass is 208 g/mol. The fraction of sp³-hybridized carbons (Fsp3) is 0.273. The number of methoxy groups -OCH3 is 1. The highest BCUT2D eigenvalue weighted by Crippen LogP contribution is 2.33. The van der Waals surface area contributed by atoms with Crippen molar-refractivity contribution in [2.24, 2.45) is 0 Å². The van der Waals surface area contributed by atoms with Gasteiger partial charge in [0.25, 0.3) is 0 Å². The molecule has 0 bridgehead atoms. The lowest BCUT2D eigenvalue weighted by Gasteiger charge is -2.00. The fourth-order valence-corrected chi connectivity index (χ4v) is 2.63. The van der Waals surface area contributed by atoms with Crippen molar-refractivity contribution in [2.45, 2.75) is 13.5 Å². The molecule has 0 spiro atoms. The molecule has 1 heterocycles. The Balaban J connectivity index is 2.71. The van der Waals surface area contributed by atoms with Crippen molar-refractivity contribution in [3.05, 3.63) is 28.6 Å². The van der Waals surface area contributed by atoms with Crippen molar-refractivity contribution in [3.63, 3.8) is 0 Å². The summed E-state index contributed by atoms with van der Waals surface area (Å²) in [6.45, 7) is 2.13. The summed E-state index contributed by atoms with van der Waals surface area (Å²) in [6.07, 6.45) is 0. The van der Waals surface area contributed by atoms with Gasteiger partial charge in [0.1, 0.15) is 5.75 Å². The zero-order valence-electron chi connectivity index (χ0n) is 8.20. The number of fused-ring (bicyclic) bond motifs is 1. The van der Waals surface area contributed by atoms with Crippen molar-refractivity contribution in [1.29, 1.82) is 0 Å². The maximum absolute atomic E-state index is 9.23. The van der Waals surface area contributed by atoms with Gasteiger partial charge in [-0.3, -0.25) is 0 Å². The molecule has 0 unspecified atom stereocenters. The van der Waals surface area contributed by atoms with Gasteiger partial charge in [-0.1, -0.05) is 0 Å². The summed E-state index contributed by atoms with van der Waals surface area (Å²) < 4.78 is 6.36. The average molecular weight is 208 g/mol. The second-order valence-electron chi connectivity index (χ2n) is 3.16. The van der Waals surface area contributed by atoms with Crippen LogP contribution in [0.15, 0.2) is 18.2 Å². The van der Waals surface area contributed by atoms with Gasteiger partial charge in [0, 0.05) is 15.0 Å². The van der Waals surface area contributed by atoms with Gasteiger partial charge >= 0.3 is 0 Å². The normalized spacial score (nSPS) is 10.8. The lowest BCUT2D eigenvalue weighted by molar-refractivity contribution is 0.283. The predicted octanol–water partition coefficient (Wildman–Crippen LogP) is 2.71. The maximum Gasteiger partial charge on any atom is 0.119 e. The Bertz CT molecular complexity index is 460. The highest BCUT2D eigenvalue weighted by molar-refractivity contribution is 7.19. The minimum absolute atomic E-state index is 0.0962. The number of benzene rings is 1. The van der Waals surface area contributed by atoms with Crippen LogP contribution in [-0.4, -0.2) is 12.2 Å². The van der Waals surface area contributed by atoms with E-state index in [1.165, 1.54) is 9.58 Å².